The van der Waals surface area contributed by atoms with Gasteiger partial charge in [0, 0.05) is 13.1 Å². The number of nitrogens with zero attached hydrogens (tertiary/aromatic N) is 2. The first-order chi connectivity index (χ1) is 12.1. The maximum Gasteiger partial charge on any atom is 0.277 e. The molecule has 0 aliphatic rings. The van der Waals surface area contributed by atoms with Crippen molar-refractivity contribution in [2.75, 3.05) is 18.8 Å². The zero-order chi connectivity index (χ0) is 17.6. The zero-order valence-electron chi connectivity index (χ0n) is 13.6. The third-order valence-corrected chi connectivity index (χ3v) is 3.42. The lowest BCUT2D eigenvalue weighted by Crippen LogP contribution is -2.32. The average Bonchev–Trinajstić information content (AvgIpc) is 3.24. The van der Waals surface area contributed by atoms with Crippen LogP contribution in [0.3, 0.4) is 0 Å². The Balaban J connectivity index is 0.00000243. The maximum atomic E-state index is 13.7. The molecule has 0 radical (unpaired) electrons. The van der Waals surface area contributed by atoms with Crippen LogP contribution in [0.15, 0.2) is 45.4 Å². The summed E-state index contributed by atoms with van der Waals surface area (Å²) >= 11 is 0. The topological polar surface area (TPSA) is 119 Å². The van der Waals surface area contributed by atoms with Crippen molar-refractivity contribution in [3.05, 3.63) is 53.7 Å². The fourth-order valence-electron chi connectivity index (χ4n) is 2.19. The molecule has 0 aliphatic heterocycles. The van der Waals surface area contributed by atoms with Gasteiger partial charge in [-0.2, -0.15) is 0 Å². The summed E-state index contributed by atoms with van der Waals surface area (Å²) < 4.78 is 23.7. The maximum absolute atomic E-state index is 13.7. The van der Waals surface area contributed by atoms with E-state index in [1.807, 2.05) is 0 Å². The average molecular weight is 382 g/mol. The van der Waals surface area contributed by atoms with Gasteiger partial charge in [-0.25, -0.2) is 9.02 Å². The monoisotopic (exact) mass is 381 g/mol. The molecule has 0 atom stereocenters. The van der Waals surface area contributed by atoms with Crippen molar-refractivity contribution in [1.82, 2.24) is 20.9 Å². The summed E-state index contributed by atoms with van der Waals surface area (Å²) in [6.45, 7) is 1.29. The van der Waals surface area contributed by atoms with E-state index < -0.39 is 5.91 Å². The number of benzene rings is 1. The number of halogens is 2. The second-order valence-electron chi connectivity index (χ2n) is 5.18. The fourth-order valence-corrected chi connectivity index (χ4v) is 2.19. The standard InChI is InChI=1S/C16H16FN5O3.ClH/c17-12-4-2-1-3-11(12)13-6-5-10(24-13)9-19-7-8-20-16(23)14-15(18)22-25-21-14;/h1-6,19H,7-9H2,(H2,18,22)(H,20,23);1H. The van der Waals surface area contributed by atoms with E-state index in [9.17, 15) is 9.18 Å². The van der Waals surface area contributed by atoms with Gasteiger partial charge in [0.1, 0.15) is 17.3 Å². The van der Waals surface area contributed by atoms with Gasteiger partial charge in [-0.15, -0.1) is 12.4 Å². The number of furan rings is 1. The van der Waals surface area contributed by atoms with E-state index in [0.717, 1.165) is 0 Å². The molecule has 0 fully saturated rings. The Morgan fingerprint density at radius 3 is 2.69 bits per heavy atom. The van der Waals surface area contributed by atoms with Crippen LogP contribution in [0.1, 0.15) is 16.2 Å². The number of rotatable bonds is 7. The van der Waals surface area contributed by atoms with Crippen molar-refractivity contribution >= 4 is 24.1 Å². The predicted octanol–water partition coefficient (Wildman–Crippen LogP) is 1.99. The zero-order valence-corrected chi connectivity index (χ0v) is 14.4. The number of hydrogen-bond acceptors (Lipinski definition) is 7. The SMILES string of the molecule is Cl.Nc1nonc1C(=O)NCCNCc1ccc(-c2ccccc2F)o1. The van der Waals surface area contributed by atoms with Crippen LogP contribution in [0.25, 0.3) is 11.3 Å². The van der Waals surface area contributed by atoms with Crippen molar-refractivity contribution in [3.8, 4) is 11.3 Å². The number of carbonyl (C=O) groups is 1. The molecule has 4 N–H and O–H groups in total. The molecule has 2 aromatic heterocycles. The third kappa shape index (κ3) is 4.58. The van der Waals surface area contributed by atoms with Gasteiger partial charge in [0.15, 0.2) is 0 Å². The number of nitrogen functional groups attached to an aromatic ring is 1. The fraction of sp³-hybridized carbons (Fsp3) is 0.188. The van der Waals surface area contributed by atoms with E-state index >= 15 is 0 Å². The van der Waals surface area contributed by atoms with Gasteiger partial charge in [0.05, 0.1) is 12.1 Å². The molecule has 138 valence electrons. The summed E-state index contributed by atoms with van der Waals surface area (Å²) in [6.07, 6.45) is 0. The predicted molar refractivity (Wildman–Crippen MR) is 94.1 cm³/mol. The lowest BCUT2D eigenvalue weighted by atomic mass is 10.1. The van der Waals surface area contributed by atoms with Crippen LogP contribution in [0.4, 0.5) is 10.2 Å². The Kier molecular flexibility index (Phi) is 6.70. The lowest BCUT2D eigenvalue weighted by molar-refractivity contribution is 0.0944. The van der Waals surface area contributed by atoms with Crippen molar-refractivity contribution < 1.29 is 18.2 Å². The second kappa shape index (κ2) is 8.97. The van der Waals surface area contributed by atoms with Gasteiger partial charge >= 0.3 is 0 Å². The Morgan fingerprint density at radius 2 is 1.96 bits per heavy atom. The first-order valence-corrected chi connectivity index (χ1v) is 7.55. The molecular weight excluding hydrogens is 365 g/mol. The molecule has 1 amide bonds. The van der Waals surface area contributed by atoms with Gasteiger partial charge in [-0.05, 0) is 34.6 Å². The number of nitrogens with two attached hydrogens (primary N) is 1. The summed E-state index contributed by atoms with van der Waals surface area (Å²) in [5.74, 6) is 0.287. The van der Waals surface area contributed by atoms with Crippen molar-refractivity contribution in [1.29, 1.82) is 0 Å². The molecule has 10 heteroatoms. The van der Waals surface area contributed by atoms with E-state index in [1.165, 1.54) is 6.07 Å². The van der Waals surface area contributed by atoms with Gasteiger partial charge < -0.3 is 20.8 Å². The van der Waals surface area contributed by atoms with E-state index in [2.05, 4.69) is 25.6 Å². The van der Waals surface area contributed by atoms with E-state index in [1.54, 1.807) is 30.3 Å². The molecule has 0 bridgehead atoms. The highest BCUT2D eigenvalue weighted by Crippen LogP contribution is 2.24. The summed E-state index contributed by atoms with van der Waals surface area (Å²) in [6, 6.07) is 9.91. The van der Waals surface area contributed by atoms with Crippen molar-refractivity contribution in [2.24, 2.45) is 0 Å². The van der Waals surface area contributed by atoms with E-state index in [4.69, 9.17) is 10.2 Å². The molecular formula is C16H17ClFN5O3. The highest BCUT2D eigenvalue weighted by molar-refractivity contribution is 5.95. The molecule has 3 rings (SSSR count). The van der Waals surface area contributed by atoms with Crippen LogP contribution < -0.4 is 16.4 Å². The molecule has 0 saturated heterocycles. The van der Waals surface area contributed by atoms with Crippen molar-refractivity contribution in [2.45, 2.75) is 6.54 Å². The molecule has 0 saturated carbocycles. The minimum Gasteiger partial charge on any atom is -0.460 e. The Morgan fingerprint density at radius 1 is 1.15 bits per heavy atom. The summed E-state index contributed by atoms with van der Waals surface area (Å²) in [4.78, 5) is 11.7. The van der Waals surface area contributed by atoms with Crippen LogP contribution in [0, 0.1) is 5.82 Å². The van der Waals surface area contributed by atoms with Crippen LogP contribution in [-0.4, -0.2) is 29.3 Å². The van der Waals surface area contributed by atoms with Gasteiger partial charge in [0.2, 0.25) is 11.5 Å². The van der Waals surface area contributed by atoms with Crippen molar-refractivity contribution in [3.63, 3.8) is 0 Å². The lowest BCUT2D eigenvalue weighted by Gasteiger charge is -2.04. The number of carbonyl (C=O) groups excluding carboxylic acids is 1. The Hall–Kier alpha value is -2.91. The number of aromatic nitrogens is 2. The summed E-state index contributed by atoms with van der Waals surface area (Å²) in [7, 11) is 0. The van der Waals surface area contributed by atoms with E-state index in [0.29, 0.717) is 36.7 Å². The minimum atomic E-state index is -0.458. The molecule has 2 heterocycles. The number of anilines is 1. The molecule has 0 aliphatic carbocycles. The number of hydrogen-bond donors (Lipinski definition) is 3. The van der Waals surface area contributed by atoms with Gasteiger partial charge in [0.25, 0.3) is 5.91 Å². The van der Waals surface area contributed by atoms with Crippen LogP contribution >= 0.6 is 12.4 Å². The second-order valence-corrected chi connectivity index (χ2v) is 5.18. The highest BCUT2D eigenvalue weighted by Gasteiger charge is 2.15. The molecule has 0 unspecified atom stereocenters. The van der Waals surface area contributed by atoms with Crippen LogP contribution in [-0.2, 0) is 6.54 Å². The molecule has 3 aromatic rings. The Labute approximate surface area is 154 Å². The number of amides is 1. The molecule has 26 heavy (non-hydrogen) atoms. The van der Waals surface area contributed by atoms with E-state index in [-0.39, 0.29) is 29.7 Å². The molecule has 0 spiro atoms. The first kappa shape index (κ1) is 19.4. The number of nitrogens with one attached hydrogen (secondary N) is 2. The quantitative estimate of drug-likeness (QED) is 0.535. The van der Waals surface area contributed by atoms with Gasteiger partial charge in [-0.3, -0.25) is 4.79 Å². The highest BCUT2D eigenvalue weighted by atomic mass is 35.5. The van der Waals surface area contributed by atoms with Gasteiger partial charge in [-0.1, -0.05) is 12.1 Å². The summed E-state index contributed by atoms with van der Waals surface area (Å²) in [5.41, 5.74) is 5.80. The normalized spacial score (nSPS) is 10.3. The Bertz CT molecular complexity index is 867. The first-order valence-electron chi connectivity index (χ1n) is 7.55. The largest absolute Gasteiger partial charge is 0.460 e. The van der Waals surface area contributed by atoms with Crippen LogP contribution in [0.5, 0.6) is 0 Å². The molecule has 8 nitrogen and oxygen atoms in total. The third-order valence-electron chi connectivity index (χ3n) is 3.42. The summed E-state index contributed by atoms with van der Waals surface area (Å²) in [5, 5.41) is 12.5. The smallest absolute Gasteiger partial charge is 0.277 e. The minimum absolute atomic E-state index is 0. The van der Waals surface area contributed by atoms with Crippen LogP contribution in [0.2, 0.25) is 0 Å². The molecule has 1 aromatic carbocycles.